The first-order chi connectivity index (χ1) is 12.3. The lowest BCUT2D eigenvalue weighted by molar-refractivity contribution is 0.248. The van der Waals surface area contributed by atoms with Gasteiger partial charge in [0.05, 0.1) is 24.3 Å². The lowest BCUT2D eigenvalue weighted by Gasteiger charge is -2.14. The molecule has 5 nitrogen and oxygen atoms in total. The van der Waals surface area contributed by atoms with Gasteiger partial charge in [0.25, 0.3) is 0 Å². The maximum Gasteiger partial charge on any atom is 0.153 e. The van der Waals surface area contributed by atoms with Gasteiger partial charge in [-0.1, -0.05) is 30.3 Å². The number of aliphatic hydroxyl groups excluding tert-OH is 1. The summed E-state index contributed by atoms with van der Waals surface area (Å²) in [5, 5.41) is 9.33. The Hall–Kier alpha value is -3.05. The summed E-state index contributed by atoms with van der Waals surface area (Å²) >= 11 is 0. The van der Waals surface area contributed by atoms with Gasteiger partial charge in [-0.05, 0) is 31.2 Å². The van der Waals surface area contributed by atoms with Crippen LogP contribution in [0.5, 0.6) is 0 Å². The smallest absolute Gasteiger partial charge is 0.153 e. The zero-order valence-corrected chi connectivity index (χ0v) is 13.8. The summed E-state index contributed by atoms with van der Waals surface area (Å²) in [5.74, 6) is 2.03. The number of aromatic nitrogens is 2. The van der Waals surface area contributed by atoms with Crippen LogP contribution >= 0.6 is 0 Å². The molecule has 1 aromatic carbocycles. The zero-order valence-electron chi connectivity index (χ0n) is 13.8. The molecule has 0 saturated heterocycles. The van der Waals surface area contributed by atoms with Gasteiger partial charge in [0, 0.05) is 5.56 Å². The van der Waals surface area contributed by atoms with Crippen molar-refractivity contribution in [1.82, 2.24) is 9.55 Å². The highest BCUT2D eigenvalue weighted by atomic mass is 16.4. The topological polar surface area (TPSA) is 64.3 Å². The second-order valence-corrected chi connectivity index (χ2v) is 5.83. The van der Waals surface area contributed by atoms with Gasteiger partial charge in [-0.25, -0.2) is 4.98 Å². The highest BCUT2D eigenvalue weighted by Gasteiger charge is 2.22. The number of benzene rings is 1. The van der Waals surface area contributed by atoms with Crippen LogP contribution in [0.1, 0.15) is 24.5 Å². The summed E-state index contributed by atoms with van der Waals surface area (Å²) in [6, 6.07) is 17.4. The number of furan rings is 2. The maximum atomic E-state index is 9.33. The fraction of sp³-hybridized carbons (Fsp3) is 0.150. The molecule has 0 aliphatic heterocycles. The fourth-order valence-electron chi connectivity index (χ4n) is 2.96. The molecule has 0 aliphatic carbocycles. The predicted molar refractivity (Wildman–Crippen MR) is 93.8 cm³/mol. The van der Waals surface area contributed by atoms with E-state index in [2.05, 4.69) is 11.9 Å². The van der Waals surface area contributed by atoms with E-state index in [0.29, 0.717) is 11.5 Å². The first kappa shape index (κ1) is 15.5. The molecule has 0 spiro atoms. The number of rotatable bonds is 5. The van der Waals surface area contributed by atoms with Crippen molar-refractivity contribution in [2.45, 2.75) is 19.6 Å². The Bertz CT molecular complexity index is 952. The number of hydrogen-bond donors (Lipinski definition) is 1. The zero-order chi connectivity index (χ0) is 17.2. The molecule has 25 heavy (non-hydrogen) atoms. The van der Waals surface area contributed by atoms with Crippen molar-refractivity contribution in [3.05, 3.63) is 78.7 Å². The molecule has 4 rings (SSSR count). The lowest BCUT2D eigenvalue weighted by Crippen LogP contribution is -2.06. The van der Waals surface area contributed by atoms with Crippen LogP contribution in [0, 0.1) is 0 Å². The van der Waals surface area contributed by atoms with Crippen LogP contribution in [0.3, 0.4) is 0 Å². The van der Waals surface area contributed by atoms with E-state index in [9.17, 15) is 5.11 Å². The Labute approximate surface area is 145 Å². The molecule has 3 heterocycles. The van der Waals surface area contributed by atoms with Crippen molar-refractivity contribution in [3.63, 3.8) is 0 Å². The maximum absolute atomic E-state index is 9.33. The van der Waals surface area contributed by atoms with E-state index in [0.717, 1.165) is 22.7 Å². The normalized spacial score (nSPS) is 12.4. The molecule has 0 aliphatic rings. The molecule has 5 heteroatoms. The minimum Gasteiger partial charge on any atom is -0.467 e. The molecule has 0 fully saturated rings. The Morgan fingerprint density at radius 1 is 1.08 bits per heavy atom. The molecule has 0 saturated carbocycles. The third-order valence-corrected chi connectivity index (χ3v) is 4.26. The van der Waals surface area contributed by atoms with Crippen LogP contribution in [-0.2, 0) is 6.61 Å². The van der Waals surface area contributed by atoms with Crippen LogP contribution in [0.15, 0.2) is 76.0 Å². The second kappa shape index (κ2) is 6.45. The van der Waals surface area contributed by atoms with E-state index in [1.54, 1.807) is 18.7 Å². The highest BCUT2D eigenvalue weighted by Crippen LogP contribution is 2.35. The van der Waals surface area contributed by atoms with Crippen molar-refractivity contribution >= 4 is 0 Å². The van der Waals surface area contributed by atoms with Crippen LogP contribution in [0.2, 0.25) is 0 Å². The monoisotopic (exact) mass is 334 g/mol. The first-order valence-corrected chi connectivity index (χ1v) is 8.13. The van der Waals surface area contributed by atoms with Gasteiger partial charge < -0.3 is 18.5 Å². The van der Waals surface area contributed by atoms with Crippen molar-refractivity contribution in [1.29, 1.82) is 0 Å². The van der Waals surface area contributed by atoms with Crippen LogP contribution < -0.4 is 0 Å². The van der Waals surface area contributed by atoms with Crippen LogP contribution in [0.4, 0.5) is 0 Å². The lowest BCUT2D eigenvalue weighted by atomic mass is 10.1. The summed E-state index contributed by atoms with van der Waals surface area (Å²) in [5.41, 5.74) is 2.69. The largest absolute Gasteiger partial charge is 0.467 e. The molecule has 4 aromatic rings. The molecule has 0 radical (unpaired) electrons. The molecule has 3 aromatic heterocycles. The Morgan fingerprint density at radius 3 is 2.60 bits per heavy atom. The average molecular weight is 334 g/mol. The molecular weight excluding hydrogens is 316 g/mol. The first-order valence-electron chi connectivity index (χ1n) is 8.13. The van der Waals surface area contributed by atoms with Crippen LogP contribution in [-0.4, -0.2) is 14.7 Å². The molecule has 0 bridgehead atoms. The second-order valence-electron chi connectivity index (χ2n) is 5.83. The van der Waals surface area contributed by atoms with E-state index in [1.807, 2.05) is 53.1 Å². The predicted octanol–water partition coefficient (Wildman–Crippen LogP) is 4.50. The Morgan fingerprint density at radius 2 is 1.92 bits per heavy atom. The van der Waals surface area contributed by atoms with E-state index < -0.39 is 0 Å². The average Bonchev–Trinajstić information content (AvgIpc) is 3.41. The molecule has 1 unspecified atom stereocenters. The third kappa shape index (κ3) is 2.79. The van der Waals surface area contributed by atoms with Crippen molar-refractivity contribution in [2.75, 3.05) is 0 Å². The number of hydrogen-bond acceptors (Lipinski definition) is 4. The van der Waals surface area contributed by atoms with Gasteiger partial charge in [-0.2, -0.15) is 0 Å². The highest BCUT2D eigenvalue weighted by molar-refractivity contribution is 5.76. The van der Waals surface area contributed by atoms with E-state index in [4.69, 9.17) is 8.83 Å². The third-order valence-electron chi connectivity index (χ3n) is 4.26. The summed E-state index contributed by atoms with van der Waals surface area (Å²) < 4.78 is 13.4. The number of aliphatic hydroxyl groups is 1. The van der Waals surface area contributed by atoms with Gasteiger partial charge in [0.2, 0.25) is 0 Å². The minimum atomic E-state index is -0.136. The van der Waals surface area contributed by atoms with E-state index in [1.165, 1.54) is 0 Å². The summed E-state index contributed by atoms with van der Waals surface area (Å²) in [6.07, 6.45) is 3.46. The van der Waals surface area contributed by atoms with E-state index in [-0.39, 0.29) is 12.6 Å². The van der Waals surface area contributed by atoms with Crippen molar-refractivity contribution in [2.24, 2.45) is 0 Å². The Kier molecular flexibility index (Phi) is 3.99. The quantitative estimate of drug-likeness (QED) is 0.583. The van der Waals surface area contributed by atoms with Gasteiger partial charge >= 0.3 is 0 Å². The minimum absolute atomic E-state index is 0.0439. The SMILES string of the molecule is CC(c1ccco1)n1cnc(-c2ccccc2)c1-c1ccc(CO)o1. The summed E-state index contributed by atoms with van der Waals surface area (Å²) in [4.78, 5) is 4.63. The molecule has 1 N–H and O–H groups in total. The number of nitrogens with zero attached hydrogens (tertiary/aromatic N) is 2. The Balaban J connectivity index is 1.89. The molecule has 1 atom stereocenters. The molecule has 0 amide bonds. The van der Waals surface area contributed by atoms with Crippen molar-refractivity contribution in [3.8, 4) is 22.7 Å². The van der Waals surface area contributed by atoms with Gasteiger partial charge in [-0.3, -0.25) is 0 Å². The van der Waals surface area contributed by atoms with Gasteiger partial charge in [0.15, 0.2) is 5.76 Å². The summed E-state index contributed by atoms with van der Waals surface area (Å²) in [7, 11) is 0. The van der Waals surface area contributed by atoms with Gasteiger partial charge in [-0.15, -0.1) is 0 Å². The van der Waals surface area contributed by atoms with Crippen molar-refractivity contribution < 1.29 is 13.9 Å². The fourth-order valence-corrected chi connectivity index (χ4v) is 2.96. The van der Waals surface area contributed by atoms with Crippen LogP contribution in [0.25, 0.3) is 22.7 Å². The van der Waals surface area contributed by atoms with Gasteiger partial charge in [0.1, 0.15) is 23.8 Å². The molecule has 126 valence electrons. The molecular formula is C20H18N2O3. The summed E-state index contributed by atoms with van der Waals surface area (Å²) in [6.45, 7) is 1.91. The number of imidazole rings is 1. The van der Waals surface area contributed by atoms with E-state index >= 15 is 0 Å². The standard InChI is InChI=1S/C20H18N2O3/c1-14(17-8-5-11-24-17)22-13-21-19(15-6-3-2-4-7-15)20(22)18-10-9-16(12-23)25-18/h2-11,13-14,23H,12H2,1H3.